The smallest absolute Gasteiger partial charge is 0.161 e. The Morgan fingerprint density at radius 1 is 1.15 bits per heavy atom. The summed E-state index contributed by atoms with van der Waals surface area (Å²) in [4.78, 5) is 15.1. The normalized spacial score (nSPS) is 20.6. The number of rotatable bonds is 3. The molecule has 5 rings (SSSR count). The minimum absolute atomic E-state index is 0.0257. The van der Waals surface area contributed by atoms with Crippen LogP contribution < -0.4 is 10.6 Å². The van der Waals surface area contributed by atoms with Gasteiger partial charge < -0.3 is 5.73 Å². The van der Waals surface area contributed by atoms with E-state index < -0.39 is 5.92 Å². The fraction of sp³-hybridized carbons (Fsp3) is 0.192. The van der Waals surface area contributed by atoms with Crippen molar-refractivity contribution in [3.8, 4) is 17.3 Å². The number of allylic oxidation sites excluding steroid dienone is 3. The molecule has 0 spiro atoms. The van der Waals surface area contributed by atoms with Gasteiger partial charge in [-0.25, -0.2) is 0 Å². The number of aromatic nitrogens is 2. The highest BCUT2D eigenvalue weighted by molar-refractivity contribution is 6.30. The second-order valence-electron chi connectivity index (χ2n) is 8.54. The van der Waals surface area contributed by atoms with Crippen molar-refractivity contribution >= 4 is 23.2 Å². The van der Waals surface area contributed by atoms with Crippen LogP contribution in [0.15, 0.2) is 83.3 Å². The molecule has 2 atom stereocenters. The molecule has 1 aliphatic carbocycles. The lowest BCUT2D eigenvalue weighted by Crippen LogP contribution is -2.40. The SMILES string of the molecule is CC1CC(=O)C2=C(C1)N(c1cc(-c3ccccc3)[nH]n1)C(N)=C(C#N)C2c1cccc(Cl)c1. The Morgan fingerprint density at radius 2 is 1.94 bits per heavy atom. The third kappa shape index (κ3) is 3.61. The zero-order chi connectivity index (χ0) is 23.1. The van der Waals surface area contributed by atoms with E-state index in [1.807, 2.05) is 55.5 Å². The van der Waals surface area contributed by atoms with E-state index in [1.165, 1.54) is 0 Å². The van der Waals surface area contributed by atoms with Crippen molar-refractivity contribution in [2.24, 2.45) is 11.7 Å². The van der Waals surface area contributed by atoms with E-state index in [0.717, 1.165) is 22.5 Å². The van der Waals surface area contributed by atoms with Crippen LogP contribution in [0.4, 0.5) is 5.82 Å². The van der Waals surface area contributed by atoms with E-state index in [2.05, 4.69) is 16.3 Å². The van der Waals surface area contributed by atoms with Crippen LogP contribution in [0.25, 0.3) is 11.3 Å². The maximum atomic E-state index is 13.4. The third-order valence-electron chi connectivity index (χ3n) is 6.23. The molecule has 1 aromatic heterocycles. The summed E-state index contributed by atoms with van der Waals surface area (Å²) in [6, 6.07) is 21.3. The number of hydrogen-bond donors (Lipinski definition) is 2. The summed E-state index contributed by atoms with van der Waals surface area (Å²) in [5.41, 5.74) is 10.9. The Labute approximate surface area is 197 Å². The number of nitrogens with two attached hydrogens (primary N) is 1. The molecule has 2 heterocycles. The average Bonchev–Trinajstić information content (AvgIpc) is 3.28. The molecular formula is C26H22ClN5O. The average molecular weight is 456 g/mol. The monoisotopic (exact) mass is 455 g/mol. The molecule has 33 heavy (non-hydrogen) atoms. The molecule has 0 saturated heterocycles. The zero-order valence-corrected chi connectivity index (χ0v) is 18.8. The number of hydrogen-bond acceptors (Lipinski definition) is 5. The van der Waals surface area contributed by atoms with Crippen LogP contribution in [0.1, 0.15) is 31.2 Å². The molecule has 6 nitrogen and oxygen atoms in total. The lowest BCUT2D eigenvalue weighted by Gasteiger charge is -2.40. The molecule has 2 aromatic carbocycles. The van der Waals surface area contributed by atoms with Gasteiger partial charge in [0.1, 0.15) is 5.82 Å². The Kier molecular flexibility index (Phi) is 5.27. The molecule has 0 fully saturated rings. The number of carbonyl (C=O) groups is 1. The van der Waals surface area contributed by atoms with E-state index in [0.29, 0.717) is 34.8 Å². The standard InChI is InChI=1S/C26H22ClN5O/c1-15-10-21-25(22(33)11-15)24(17-8-5-9-18(27)12-17)19(14-28)26(29)32(21)23-13-20(30-31-23)16-6-3-2-4-7-16/h2-9,12-13,15,24H,10-11,29H2,1H3,(H,30,31). The first kappa shape index (κ1) is 21.0. The number of nitrogens with one attached hydrogen (secondary N) is 1. The van der Waals surface area contributed by atoms with Gasteiger partial charge in [0, 0.05) is 28.8 Å². The number of nitriles is 1. The summed E-state index contributed by atoms with van der Waals surface area (Å²) in [5.74, 6) is 0.472. The molecule has 3 aromatic rings. The Morgan fingerprint density at radius 3 is 2.67 bits per heavy atom. The highest BCUT2D eigenvalue weighted by atomic mass is 35.5. The van der Waals surface area contributed by atoms with Crippen molar-refractivity contribution < 1.29 is 4.79 Å². The Bertz CT molecular complexity index is 1350. The van der Waals surface area contributed by atoms with E-state index in [-0.39, 0.29) is 17.5 Å². The quantitative estimate of drug-likeness (QED) is 0.559. The van der Waals surface area contributed by atoms with Gasteiger partial charge in [-0.05, 0) is 35.6 Å². The number of halogens is 1. The summed E-state index contributed by atoms with van der Waals surface area (Å²) in [6.07, 6.45) is 1.09. The largest absolute Gasteiger partial charge is 0.384 e. The number of H-pyrrole nitrogens is 1. The minimum atomic E-state index is -0.549. The van der Waals surface area contributed by atoms with E-state index in [9.17, 15) is 10.1 Å². The second-order valence-corrected chi connectivity index (χ2v) is 8.97. The van der Waals surface area contributed by atoms with Crippen molar-refractivity contribution in [2.45, 2.75) is 25.7 Å². The van der Waals surface area contributed by atoms with Gasteiger partial charge in [-0.1, -0.05) is 61.0 Å². The van der Waals surface area contributed by atoms with E-state index in [1.54, 1.807) is 17.0 Å². The molecule has 1 aliphatic heterocycles. The van der Waals surface area contributed by atoms with Gasteiger partial charge in [-0.3, -0.25) is 14.8 Å². The highest BCUT2D eigenvalue weighted by Crippen LogP contribution is 2.47. The molecule has 7 heteroatoms. The van der Waals surface area contributed by atoms with Crippen molar-refractivity contribution in [2.75, 3.05) is 4.90 Å². The molecular weight excluding hydrogens is 434 g/mol. The van der Waals surface area contributed by atoms with E-state index in [4.69, 9.17) is 17.3 Å². The first-order valence-corrected chi connectivity index (χ1v) is 11.2. The van der Waals surface area contributed by atoms with Gasteiger partial charge >= 0.3 is 0 Å². The summed E-state index contributed by atoms with van der Waals surface area (Å²) in [7, 11) is 0. The molecule has 3 N–H and O–H groups in total. The molecule has 0 radical (unpaired) electrons. The number of nitrogens with zero attached hydrogens (tertiary/aromatic N) is 3. The highest BCUT2D eigenvalue weighted by Gasteiger charge is 2.42. The molecule has 2 aliphatic rings. The lowest BCUT2D eigenvalue weighted by atomic mass is 9.73. The predicted molar refractivity (Wildman–Crippen MR) is 128 cm³/mol. The summed E-state index contributed by atoms with van der Waals surface area (Å²) in [5, 5.41) is 18.2. The maximum Gasteiger partial charge on any atom is 0.161 e. The van der Waals surface area contributed by atoms with Crippen LogP contribution in [0, 0.1) is 17.2 Å². The van der Waals surface area contributed by atoms with Gasteiger partial charge in [0.25, 0.3) is 0 Å². The van der Waals surface area contributed by atoms with Crippen LogP contribution in [0.2, 0.25) is 5.02 Å². The number of ketones is 1. The molecule has 2 unspecified atom stereocenters. The maximum absolute atomic E-state index is 13.4. The molecule has 0 amide bonds. The molecule has 0 saturated carbocycles. The summed E-state index contributed by atoms with van der Waals surface area (Å²) in [6.45, 7) is 2.05. The second kappa shape index (κ2) is 8.27. The minimum Gasteiger partial charge on any atom is -0.384 e. The number of aromatic amines is 1. The first-order chi connectivity index (χ1) is 16.0. The Hall–Kier alpha value is -3.82. The molecule has 0 bridgehead atoms. The zero-order valence-electron chi connectivity index (χ0n) is 18.0. The molecule has 164 valence electrons. The van der Waals surface area contributed by atoms with Gasteiger partial charge in [-0.15, -0.1) is 0 Å². The number of anilines is 1. The van der Waals surface area contributed by atoms with Crippen molar-refractivity contribution in [3.05, 3.63) is 93.9 Å². The van der Waals surface area contributed by atoms with Gasteiger partial charge in [0.2, 0.25) is 0 Å². The van der Waals surface area contributed by atoms with Crippen molar-refractivity contribution in [1.29, 1.82) is 5.26 Å². The predicted octanol–water partition coefficient (Wildman–Crippen LogP) is 5.28. The van der Waals surface area contributed by atoms with Crippen LogP contribution in [-0.4, -0.2) is 16.0 Å². The summed E-state index contributed by atoms with van der Waals surface area (Å²) >= 11 is 6.26. The van der Waals surface area contributed by atoms with E-state index >= 15 is 0 Å². The Balaban J connectivity index is 1.70. The topological polar surface area (TPSA) is 98.8 Å². The van der Waals surface area contributed by atoms with Crippen molar-refractivity contribution in [1.82, 2.24) is 10.2 Å². The van der Waals surface area contributed by atoms with Crippen LogP contribution in [0.3, 0.4) is 0 Å². The number of carbonyl (C=O) groups excluding carboxylic acids is 1. The first-order valence-electron chi connectivity index (χ1n) is 10.8. The third-order valence-corrected chi connectivity index (χ3v) is 6.47. The fourth-order valence-corrected chi connectivity index (χ4v) is 4.99. The fourth-order valence-electron chi connectivity index (χ4n) is 4.79. The number of Topliss-reactive ketones (excluding diaryl/α,β-unsaturated/α-hetero) is 1. The van der Waals surface area contributed by atoms with Gasteiger partial charge in [0.05, 0.1) is 23.3 Å². The summed E-state index contributed by atoms with van der Waals surface area (Å²) < 4.78 is 0. The van der Waals surface area contributed by atoms with Gasteiger partial charge in [-0.2, -0.15) is 10.4 Å². The van der Waals surface area contributed by atoms with Crippen LogP contribution >= 0.6 is 11.6 Å². The van der Waals surface area contributed by atoms with Gasteiger partial charge in [0.15, 0.2) is 11.6 Å². The van der Waals surface area contributed by atoms with Crippen LogP contribution in [0.5, 0.6) is 0 Å². The number of benzene rings is 2. The van der Waals surface area contributed by atoms with Crippen LogP contribution in [-0.2, 0) is 4.79 Å². The lowest BCUT2D eigenvalue weighted by molar-refractivity contribution is -0.117. The van der Waals surface area contributed by atoms with Crippen molar-refractivity contribution in [3.63, 3.8) is 0 Å².